The smallest absolute Gasteiger partial charge is 0.222 e. The average Bonchev–Trinajstić information content (AvgIpc) is 2.87. The molecule has 1 saturated heterocycles. The number of carbonyl (C=O) groups excluding carboxylic acids is 1. The lowest BCUT2D eigenvalue weighted by Crippen LogP contribution is -2.27. The van der Waals surface area contributed by atoms with Gasteiger partial charge in [-0.15, -0.1) is 11.6 Å². The third kappa shape index (κ3) is 4.03. The number of amides is 1. The van der Waals surface area contributed by atoms with E-state index in [2.05, 4.69) is 0 Å². The fraction of sp³-hybridized carbons (Fsp3) is 0.562. The van der Waals surface area contributed by atoms with E-state index in [0.717, 1.165) is 36.6 Å². The fourth-order valence-corrected chi connectivity index (χ4v) is 2.79. The van der Waals surface area contributed by atoms with Crippen LogP contribution < -0.4 is 9.47 Å². The molecule has 0 N–H and O–H groups in total. The number of halogens is 1. The van der Waals surface area contributed by atoms with Crippen LogP contribution >= 0.6 is 11.6 Å². The molecule has 0 spiro atoms. The van der Waals surface area contributed by atoms with Gasteiger partial charge in [-0.05, 0) is 37.0 Å². The summed E-state index contributed by atoms with van der Waals surface area (Å²) in [6.45, 7) is 4.05. The van der Waals surface area contributed by atoms with Gasteiger partial charge in [0.1, 0.15) is 0 Å². The summed E-state index contributed by atoms with van der Waals surface area (Å²) in [5.74, 6) is 2.55. The first-order chi connectivity index (χ1) is 10.2. The minimum absolute atomic E-state index is 0.207. The van der Waals surface area contributed by atoms with Crippen molar-refractivity contribution in [3.63, 3.8) is 0 Å². The number of rotatable bonds is 7. The van der Waals surface area contributed by atoms with E-state index < -0.39 is 0 Å². The summed E-state index contributed by atoms with van der Waals surface area (Å²) in [6.07, 6.45) is 1.39. The molecule has 2 rings (SSSR count). The summed E-state index contributed by atoms with van der Waals surface area (Å²) in [6, 6.07) is 5.92. The summed E-state index contributed by atoms with van der Waals surface area (Å²) < 4.78 is 10.8. The Morgan fingerprint density at radius 1 is 1.38 bits per heavy atom. The van der Waals surface area contributed by atoms with Gasteiger partial charge in [-0.2, -0.15) is 0 Å². The van der Waals surface area contributed by atoms with Crippen LogP contribution in [0.1, 0.15) is 18.9 Å². The van der Waals surface area contributed by atoms with E-state index in [1.54, 1.807) is 7.11 Å². The Hall–Kier alpha value is -1.42. The first kappa shape index (κ1) is 16.0. The van der Waals surface area contributed by atoms with Crippen molar-refractivity contribution in [2.45, 2.75) is 19.8 Å². The zero-order valence-electron chi connectivity index (χ0n) is 12.6. The molecule has 1 atom stereocenters. The van der Waals surface area contributed by atoms with Crippen LogP contribution in [0.25, 0.3) is 0 Å². The number of nitrogens with zero attached hydrogens (tertiary/aromatic N) is 1. The zero-order valence-corrected chi connectivity index (χ0v) is 13.4. The maximum Gasteiger partial charge on any atom is 0.222 e. The molecule has 5 heteroatoms. The molecule has 1 aromatic rings. The van der Waals surface area contributed by atoms with Gasteiger partial charge >= 0.3 is 0 Å². The molecule has 0 saturated carbocycles. The SMILES string of the molecule is CCOc1ccc(CCN2CC(CCl)CC2=O)cc1OC. The molecule has 1 aliphatic rings. The van der Waals surface area contributed by atoms with Crippen molar-refractivity contribution in [1.82, 2.24) is 4.90 Å². The minimum atomic E-state index is 0.207. The Morgan fingerprint density at radius 2 is 2.19 bits per heavy atom. The lowest BCUT2D eigenvalue weighted by atomic mass is 10.1. The summed E-state index contributed by atoms with van der Waals surface area (Å²) >= 11 is 5.83. The molecular formula is C16H22ClNO3. The Bertz CT molecular complexity index is 492. The zero-order chi connectivity index (χ0) is 15.2. The van der Waals surface area contributed by atoms with Gasteiger partial charge < -0.3 is 14.4 Å². The van der Waals surface area contributed by atoms with E-state index in [4.69, 9.17) is 21.1 Å². The number of hydrogen-bond donors (Lipinski definition) is 0. The highest BCUT2D eigenvalue weighted by atomic mass is 35.5. The van der Waals surface area contributed by atoms with Gasteiger partial charge in [0, 0.05) is 25.4 Å². The van der Waals surface area contributed by atoms with Crippen molar-refractivity contribution in [3.8, 4) is 11.5 Å². The summed E-state index contributed by atoms with van der Waals surface area (Å²) in [5, 5.41) is 0. The van der Waals surface area contributed by atoms with Crippen LogP contribution in [-0.4, -0.2) is 43.5 Å². The van der Waals surface area contributed by atoms with Crippen molar-refractivity contribution in [2.24, 2.45) is 5.92 Å². The molecule has 1 fully saturated rings. The lowest BCUT2D eigenvalue weighted by molar-refractivity contribution is -0.127. The average molecular weight is 312 g/mol. The molecule has 116 valence electrons. The molecule has 0 radical (unpaired) electrons. The van der Waals surface area contributed by atoms with Crippen LogP contribution in [-0.2, 0) is 11.2 Å². The van der Waals surface area contributed by atoms with Crippen LogP contribution in [0.15, 0.2) is 18.2 Å². The van der Waals surface area contributed by atoms with E-state index in [9.17, 15) is 4.79 Å². The standard InChI is InChI=1S/C16H22ClNO3/c1-3-21-14-5-4-12(8-15(14)20-2)6-7-18-11-13(10-17)9-16(18)19/h4-5,8,13H,3,6-7,9-11H2,1-2H3. The fourth-order valence-electron chi connectivity index (χ4n) is 2.58. The van der Waals surface area contributed by atoms with Gasteiger partial charge in [0.15, 0.2) is 11.5 Å². The van der Waals surface area contributed by atoms with E-state index >= 15 is 0 Å². The van der Waals surface area contributed by atoms with Crippen molar-refractivity contribution in [2.75, 3.05) is 32.7 Å². The molecule has 1 amide bonds. The van der Waals surface area contributed by atoms with Gasteiger partial charge in [-0.3, -0.25) is 4.79 Å². The Kier molecular flexibility index (Phi) is 5.74. The Labute approximate surface area is 131 Å². The molecule has 0 aliphatic carbocycles. The van der Waals surface area contributed by atoms with Crippen LogP contribution in [0.2, 0.25) is 0 Å². The molecular weight excluding hydrogens is 290 g/mol. The molecule has 1 aliphatic heterocycles. The molecule has 1 aromatic carbocycles. The second kappa shape index (κ2) is 7.55. The summed E-state index contributed by atoms with van der Waals surface area (Å²) in [7, 11) is 1.64. The predicted molar refractivity (Wildman–Crippen MR) is 83.3 cm³/mol. The highest BCUT2D eigenvalue weighted by molar-refractivity contribution is 6.18. The molecule has 0 aromatic heterocycles. The second-order valence-electron chi connectivity index (χ2n) is 5.23. The number of carbonyl (C=O) groups is 1. The molecule has 1 heterocycles. The molecule has 21 heavy (non-hydrogen) atoms. The molecule has 0 bridgehead atoms. The third-order valence-corrected chi connectivity index (χ3v) is 4.15. The number of alkyl halides is 1. The van der Waals surface area contributed by atoms with Gasteiger partial charge in [-0.25, -0.2) is 0 Å². The number of methoxy groups -OCH3 is 1. The lowest BCUT2D eigenvalue weighted by Gasteiger charge is -2.17. The molecule has 1 unspecified atom stereocenters. The Balaban J connectivity index is 1.96. The summed E-state index contributed by atoms with van der Waals surface area (Å²) in [5.41, 5.74) is 1.14. The van der Waals surface area contributed by atoms with Crippen molar-refractivity contribution < 1.29 is 14.3 Å². The van der Waals surface area contributed by atoms with E-state index in [-0.39, 0.29) is 5.91 Å². The second-order valence-corrected chi connectivity index (χ2v) is 5.54. The molecule has 4 nitrogen and oxygen atoms in total. The van der Waals surface area contributed by atoms with Gasteiger partial charge in [-0.1, -0.05) is 6.07 Å². The summed E-state index contributed by atoms with van der Waals surface area (Å²) in [4.78, 5) is 13.7. The quantitative estimate of drug-likeness (QED) is 0.727. The first-order valence-electron chi connectivity index (χ1n) is 7.31. The van der Waals surface area contributed by atoms with Gasteiger partial charge in [0.2, 0.25) is 5.91 Å². The third-order valence-electron chi connectivity index (χ3n) is 3.71. The van der Waals surface area contributed by atoms with Crippen LogP contribution in [0.5, 0.6) is 11.5 Å². The van der Waals surface area contributed by atoms with E-state index in [0.29, 0.717) is 24.8 Å². The monoisotopic (exact) mass is 311 g/mol. The minimum Gasteiger partial charge on any atom is -0.493 e. The van der Waals surface area contributed by atoms with Crippen LogP contribution in [0.4, 0.5) is 0 Å². The van der Waals surface area contributed by atoms with Crippen molar-refractivity contribution >= 4 is 17.5 Å². The first-order valence-corrected chi connectivity index (χ1v) is 7.84. The highest BCUT2D eigenvalue weighted by Crippen LogP contribution is 2.28. The highest BCUT2D eigenvalue weighted by Gasteiger charge is 2.28. The van der Waals surface area contributed by atoms with Gasteiger partial charge in [0.05, 0.1) is 13.7 Å². The van der Waals surface area contributed by atoms with Crippen molar-refractivity contribution in [3.05, 3.63) is 23.8 Å². The number of likely N-dealkylation sites (tertiary alicyclic amines) is 1. The predicted octanol–water partition coefficient (Wildman–Crippen LogP) is 2.72. The number of hydrogen-bond acceptors (Lipinski definition) is 3. The topological polar surface area (TPSA) is 38.8 Å². The maximum absolute atomic E-state index is 11.8. The van der Waals surface area contributed by atoms with Gasteiger partial charge in [0.25, 0.3) is 0 Å². The number of benzene rings is 1. The van der Waals surface area contributed by atoms with Crippen molar-refractivity contribution in [1.29, 1.82) is 0 Å². The normalized spacial score (nSPS) is 18.1. The van der Waals surface area contributed by atoms with E-state index in [1.807, 2.05) is 30.0 Å². The number of ether oxygens (including phenoxy) is 2. The Morgan fingerprint density at radius 3 is 2.81 bits per heavy atom. The van der Waals surface area contributed by atoms with Crippen LogP contribution in [0, 0.1) is 5.92 Å². The largest absolute Gasteiger partial charge is 0.493 e. The van der Waals surface area contributed by atoms with Crippen LogP contribution in [0.3, 0.4) is 0 Å². The maximum atomic E-state index is 11.8. The van der Waals surface area contributed by atoms with E-state index in [1.165, 1.54) is 0 Å².